The lowest BCUT2D eigenvalue weighted by Gasteiger charge is -2.23. The van der Waals surface area contributed by atoms with Crippen LogP contribution >= 0.6 is 0 Å². The van der Waals surface area contributed by atoms with E-state index in [9.17, 15) is 4.21 Å². The Kier molecular flexibility index (Phi) is 3.14. The van der Waals surface area contributed by atoms with Gasteiger partial charge in [-0.05, 0) is 17.7 Å². The van der Waals surface area contributed by atoms with Crippen LogP contribution in [-0.2, 0) is 10.8 Å². The Hall–Kier alpha value is -1.18. The maximum Gasteiger partial charge on any atom is 0.0991 e. The number of nitrogens with one attached hydrogen (secondary N) is 1. The molecule has 1 N–H and O–H groups in total. The molecule has 2 rings (SSSR count). The van der Waals surface area contributed by atoms with E-state index in [2.05, 4.69) is 11.4 Å². The fourth-order valence-electron chi connectivity index (χ4n) is 1.68. The molecule has 1 aliphatic rings. The van der Waals surface area contributed by atoms with Crippen LogP contribution in [0.2, 0.25) is 0 Å². The lowest BCUT2D eigenvalue weighted by Crippen LogP contribution is -2.36. The van der Waals surface area contributed by atoms with E-state index in [1.807, 2.05) is 12.1 Å². The second-order valence-corrected chi connectivity index (χ2v) is 5.17. The molecule has 78 valence electrons. The summed E-state index contributed by atoms with van der Waals surface area (Å²) in [5, 5.41) is 12.0. The molecule has 1 aromatic rings. The molecular formula is C11H12N2OS. The van der Waals surface area contributed by atoms with Gasteiger partial charge in [-0.1, -0.05) is 12.1 Å². The SMILES string of the molecule is N#Cc1ccc(C2CS(=O)CCN2)cc1. The van der Waals surface area contributed by atoms with Crippen molar-refractivity contribution in [2.75, 3.05) is 18.1 Å². The molecule has 0 amide bonds. The summed E-state index contributed by atoms with van der Waals surface area (Å²) < 4.78 is 11.4. The van der Waals surface area contributed by atoms with Crippen molar-refractivity contribution < 1.29 is 4.21 Å². The summed E-state index contributed by atoms with van der Waals surface area (Å²) in [6.45, 7) is 0.803. The predicted molar refractivity (Wildman–Crippen MR) is 59.8 cm³/mol. The highest BCUT2D eigenvalue weighted by atomic mass is 32.2. The second-order valence-electron chi connectivity index (χ2n) is 3.55. The van der Waals surface area contributed by atoms with Crippen molar-refractivity contribution in [1.29, 1.82) is 5.26 Å². The van der Waals surface area contributed by atoms with Crippen molar-refractivity contribution in [2.24, 2.45) is 0 Å². The van der Waals surface area contributed by atoms with Gasteiger partial charge in [-0.3, -0.25) is 4.21 Å². The van der Waals surface area contributed by atoms with Gasteiger partial charge in [-0.25, -0.2) is 0 Å². The van der Waals surface area contributed by atoms with Gasteiger partial charge in [-0.15, -0.1) is 0 Å². The smallest absolute Gasteiger partial charge is 0.0991 e. The van der Waals surface area contributed by atoms with E-state index in [1.54, 1.807) is 12.1 Å². The maximum absolute atomic E-state index is 11.4. The Morgan fingerprint density at radius 2 is 2.13 bits per heavy atom. The van der Waals surface area contributed by atoms with Gasteiger partial charge in [0.1, 0.15) is 0 Å². The van der Waals surface area contributed by atoms with Crippen LogP contribution in [0.4, 0.5) is 0 Å². The zero-order valence-corrected chi connectivity index (χ0v) is 9.09. The first-order valence-electron chi connectivity index (χ1n) is 4.88. The Morgan fingerprint density at radius 1 is 1.40 bits per heavy atom. The summed E-state index contributed by atoms with van der Waals surface area (Å²) in [4.78, 5) is 0. The summed E-state index contributed by atoms with van der Waals surface area (Å²) in [5.41, 5.74) is 1.78. The summed E-state index contributed by atoms with van der Waals surface area (Å²) in [5.74, 6) is 1.42. The standard InChI is InChI=1S/C11H12N2OS/c12-7-9-1-3-10(4-2-9)11-8-15(14)6-5-13-11/h1-4,11,13H,5-6,8H2. The molecule has 1 aliphatic heterocycles. The molecule has 0 bridgehead atoms. The third kappa shape index (κ3) is 2.44. The van der Waals surface area contributed by atoms with Crippen molar-refractivity contribution in [2.45, 2.75) is 6.04 Å². The molecule has 0 aliphatic carbocycles. The van der Waals surface area contributed by atoms with Gasteiger partial charge in [0.25, 0.3) is 0 Å². The number of hydrogen-bond acceptors (Lipinski definition) is 3. The predicted octanol–water partition coefficient (Wildman–Crippen LogP) is 0.951. The Labute approximate surface area is 91.6 Å². The van der Waals surface area contributed by atoms with Crippen molar-refractivity contribution >= 4 is 10.8 Å². The average molecular weight is 220 g/mol. The zero-order valence-electron chi connectivity index (χ0n) is 8.27. The summed E-state index contributed by atoms with van der Waals surface area (Å²) in [6.07, 6.45) is 0. The van der Waals surface area contributed by atoms with Crippen LogP contribution in [0.5, 0.6) is 0 Å². The third-order valence-corrected chi connectivity index (χ3v) is 3.88. The van der Waals surface area contributed by atoms with Crippen molar-refractivity contribution in [3.63, 3.8) is 0 Å². The number of rotatable bonds is 1. The highest BCUT2D eigenvalue weighted by Gasteiger charge is 2.18. The first kappa shape index (κ1) is 10.3. The lowest BCUT2D eigenvalue weighted by molar-refractivity contribution is 0.572. The number of nitrogens with zero attached hydrogens (tertiary/aromatic N) is 1. The molecule has 3 nitrogen and oxygen atoms in total. The normalized spacial score (nSPS) is 25.8. The van der Waals surface area contributed by atoms with Gasteiger partial charge >= 0.3 is 0 Å². The van der Waals surface area contributed by atoms with E-state index in [4.69, 9.17) is 5.26 Å². The molecule has 1 heterocycles. The number of nitriles is 1. The van der Waals surface area contributed by atoms with Gasteiger partial charge in [0.05, 0.1) is 11.6 Å². The van der Waals surface area contributed by atoms with Crippen LogP contribution in [0.25, 0.3) is 0 Å². The van der Waals surface area contributed by atoms with Gasteiger partial charge in [0.15, 0.2) is 0 Å². The van der Waals surface area contributed by atoms with Crippen LogP contribution in [0.1, 0.15) is 17.2 Å². The van der Waals surface area contributed by atoms with Crippen molar-refractivity contribution in [3.8, 4) is 6.07 Å². The molecule has 4 heteroatoms. The van der Waals surface area contributed by atoms with E-state index in [-0.39, 0.29) is 6.04 Å². The van der Waals surface area contributed by atoms with E-state index in [0.29, 0.717) is 11.3 Å². The summed E-state index contributed by atoms with van der Waals surface area (Å²) in [7, 11) is -0.705. The molecule has 1 aromatic carbocycles. The maximum atomic E-state index is 11.4. The first-order valence-corrected chi connectivity index (χ1v) is 6.37. The molecule has 0 saturated carbocycles. The highest BCUT2D eigenvalue weighted by Crippen LogP contribution is 2.17. The van der Waals surface area contributed by atoms with Crippen molar-refractivity contribution in [3.05, 3.63) is 35.4 Å². The molecule has 0 spiro atoms. The van der Waals surface area contributed by atoms with Crippen LogP contribution in [0.15, 0.2) is 24.3 Å². The summed E-state index contributed by atoms with van der Waals surface area (Å²) in [6, 6.07) is 9.72. The molecule has 2 atom stereocenters. The average Bonchev–Trinajstić information content (AvgIpc) is 2.29. The summed E-state index contributed by atoms with van der Waals surface area (Å²) >= 11 is 0. The molecule has 1 saturated heterocycles. The fraction of sp³-hybridized carbons (Fsp3) is 0.364. The second kappa shape index (κ2) is 4.56. The minimum atomic E-state index is -0.705. The molecular weight excluding hydrogens is 208 g/mol. The van der Waals surface area contributed by atoms with E-state index >= 15 is 0 Å². The van der Waals surface area contributed by atoms with Crippen LogP contribution in [0.3, 0.4) is 0 Å². The lowest BCUT2D eigenvalue weighted by atomic mass is 10.1. The Balaban J connectivity index is 2.15. The third-order valence-electron chi connectivity index (χ3n) is 2.52. The minimum Gasteiger partial charge on any atom is -0.308 e. The van der Waals surface area contributed by atoms with Gasteiger partial charge < -0.3 is 5.32 Å². The molecule has 0 aromatic heterocycles. The Morgan fingerprint density at radius 3 is 2.73 bits per heavy atom. The number of benzene rings is 1. The topological polar surface area (TPSA) is 52.9 Å². The van der Waals surface area contributed by atoms with E-state index in [0.717, 1.165) is 17.9 Å². The highest BCUT2D eigenvalue weighted by molar-refractivity contribution is 7.85. The molecule has 2 unspecified atom stereocenters. The van der Waals surface area contributed by atoms with Crippen molar-refractivity contribution in [1.82, 2.24) is 5.32 Å². The van der Waals surface area contributed by atoms with E-state index < -0.39 is 10.8 Å². The zero-order chi connectivity index (χ0) is 10.7. The largest absolute Gasteiger partial charge is 0.308 e. The van der Waals surface area contributed by atoms with Crippen LogP contribution in [0, 0.1) is 11.3 Å². The Bertz CT molecular complexity index is 408. The van der Waals surface area contributed by atoms with Gasteiger partial charge in [-0.2, -0.15) is 5.26 Å². The van der Waals surface area contributed by atoms with Crippen LogP contribution < -0.4 is 5.32 Å². The fourth-order valence-corrected chi connectivity index (χ4v) is 2.87. The molecule has 1 fully saturated rings. The minimum absolute atomic E-state index is 0.173. The quantitative estimate of drug-likeness (QED) is 0.766. The molecule has 0 radical (unpaired) electrons. The number of hydrogen-bond donors (Lipinski definition) is 1. The monoisotopic (exact) mass is 220 g/mol. The van der Waals surface area contributed by atoms with Crippen LogP contribution in [-0.4, -0.2) is 22.3 Å². The van der Waals surface area contributed by atoms with E-state index in [1.165, 1.54) is 0 Å². The first-order chi connectivity index (χ1) is 7.29. The van der Waals surface area contributed by atoms with Gasteiger partial charge in [0, 0.05) is 34.9 Å². The van der Waals surface area contributed by atoms with Gasteiger partial charge in [0.2, 0.25) is 0 Å². The molecule has 15 heavy (non-hydrogen) atoms.